The van der Waals surface area contributed by atoms with E-state index in [0.29, 0.717) is 5.69 Å². The Morgan fingerprint density at radius 2 is 1.67 bits per heavy atom. The summed E-state index contributed by atoms with van der Waals surface area (Å²) >= 11 is 0. The molecule has 0 aromatic heterocycles. The lowest BCUT2D eigenvalue weighted by Gasteiger charge is -2.33. The van der Waals surface area contributed by atoms with Gasteiger partial charge in [0.2, 0.25) is 0 Å². The van der Waals surface area contributed by atoms with E-state index < -0.39 is 17.4 Å². The SMILES string of the molecule is Cc1cccc(NC(=O)C(=O)NC(C)(C)CC(C)(C)C)c1. The Hall–Kier alpha value is -1.84. The maximum Gasteiger partial charge on any atom is 0.313 e. The third-order valence-electron chi connectivity index (χ3n) is 2.91. The summed E-state index contributed by atoms with van der Waals surface area (Å²) in [6.45, 7) is 12.1. The second kappa shape index (κ2) is 6.29. The van der Waals surface area contributed by atoms with Crippen molar-refractivity contribution in [3.05, 3.63) is 29.8 Å². The van der Waals surface area contributed by atoms with Crippen LogP contribution in [-0.4, -0.2) is 17.4 Å². The molecule has 0 spiro atoms. The summed E-state index contributed by atoms with van der Waals surface area (Å²) in [7, 11) is 0. The predicted octanol–water partition coefficient (Wildman–Crippen LogP) is 3.26. The minimum atomic E-state index is -0.636. The van der Waals surface area contributed by atoms with E-state index in [4.69, 9.17) is 0 Å². The van der Waals surface area contributed by atoms with Gasteiger partial charge in [-0.05, 0) is 50.3 Å². The highest BCUT2D eigenvalue weighted by Gasteiger charge is 2.29. The molecule has 0 atom stereocenters. The van der Waals surface area contributed by atoms with Crippen LogP contribution in [-0.2, 0) is 9.59 Å². The van der Waals surface area contributed by atoms with Gasteiger partial charge < -0.3 is 10.6 Å². The Morgan fingerprint density at radius 3 is 2.19 bits per heavy atom. The smallest absolute Gasteiger partial charge is 0.313 e. The first kappa shape index (κ1) is 17.2. The minimum Gasteiger partial charge on any atom is -0.343 e. The van der Waals surface area contributed by atoms with E-state index >= 15 is 0 Å². The Morgan fingerprint density at radius 1 is 1.05 bits per heavy atom. The molecule has 0 saturated carbocycles. The fourth-order valence-electron chi connectivity index (χ4n) is 2.64. The number of amides is 2. The van der Waals surface area contributed by atoms with E-state index in [1.165, 1.54) is 0 Å². The third kappa shape index (κ3) is 6.43. The van der Waals surface area contributed by atoms with Gasteiger partial charge in [0, 0.05) is 11.2 Å². The maximum absolute atomic E-state index is 12.0. The zero-order chi connectivity index (χ0) is 16.3. The van der Waals surface area contributed by atoms with Gasteiger partial charge in [0.25, 0.3) is 0 Å². The minimum absolute atomic E-state index is 0.0732. The van der Waals surface area contributed by atoms with Crippen LogP contribution in [0.25, 0.3) is 0 Å². The van der Waals surface area contributed by atoms with Crippen LogP contribution >= 0.6 is 0 Å². The van der Waals surface area contributed by atoms with E-state index in [1.54, 1.807) is 6.07 Å². The Balaban J connectivity index is 2.65. The lowest BCUT2D eigenvalue weighted by Crippen LogP contribution is -2.49. The van der Waals surface area contributed by atoms with Crippen molar-refractivity contribution in [3.63, 3.8) is 0 Å². The zero-order valence-electron chi connectivity index (χ0n) is 13.8. The van der Waals surface area contributed by atoms with E-state index in [9.17, 15) is 9.59 Å². The molecule has 2 amide bonds. The van der Waals surface area contributed by atoms with Crippen molar-refractivity contribution < 1.29 is 9.59 Å². The monoisotopic (exact) mass is 290 g/mol. The summed E-state index contributed by atoms with van der Waals surface area (Å²) in [5.41, 5.74) is 1.30. The molecule has 1 aromatic rings. The van der Waals surface area contributed by atoms with Crippen molar-refractivity contribution in [2.24, 2.45) is 5.41 Å². The fourth-order valence-corrected chi connectivity index (χ4v) is 2.64. The van der Waals surface area contributed by atoms with Crippen LogP contribution in [0.1, 0.15) is 46.6 Å². The number of anilines is 1. The summed E-state index contributed by atoms with van der Waals surface area (Å²) in [4.78, 5) is 24.0. The highest BCUT2D eigenvalue weighted by molar-refractivity contribution is 6.39. The lowest BCUT2D eigenvalue weighted by molar-refractivity contribution is -0.137. The van der Waals surface area contributed by atoms with Gasteiger partial charge in [0.1, 0.15) is 0 Å². The number of nitrogens with one attached hydrogen (secondary N) is 2. The van der Waals surface area contributed by atoms with Crippen LogP contribution in [0.2, 0.25) is 0 Å². The predicted molar refractivity (Wildman–Crippen MR) is 86.1 cm³/mol. The summed E-state index contributed by atoms with van der Waals surface area (Å²) in [6, 6.07) is 7.36. The van der Waals surface area contributed by atoms with Crippen LogP contribution < -0.4 is 10.6 Å². The number of hydrogen-bond donors (Lipinski definition) is 2. The number of carbonyl (C=O) groups excluding carboxylic acids is 2. The molecular weight excluding hydrogens is 264 g/mol. The van der Waals surface area contributed by atoms with Crippen LogP contribution in [0.5, 0.6) is 0 Å². The first-order chi connectivity index (χ1) is 9.48. The number of aryl methyl sites for hydroxylation is 1. The normalized spacial score (nSPS) is 11.9. The number of rotatable bonds is 3. The first-order valence-electron chi connectivity index (χ1n) is 7.19. The summed E-state index contributed by atoms with van der Waals surface area (Å²) in [5, 5.41) is 5.41. The number of hydrogen-bond acceptors (Lipinski definition) is 2. The van der Waals surface area contributed by atoms with Gasteiger partial charge >= 0.3 is 11.8 Å². The van der Waals surface area contributed by atoms with Crippen molar-refractivity contribution in [1.82, 2.24) is 5.32 Å². The van der Waals surface area contributed by atoms with Gasteiger partial charge in [-0.2, -0.15) is 0 Å². The van der Waals surface area contributed by atoms with Crippen molar-refractivity contribution in [1.29, 1.82) is 0 Å². The van der Waals surface area contributed by atoms with Crippen molar-refractivity contribution >= 4 is 17.5 Å². The quantitative estimate of drug-likeness (QED) is 0.839. The number of benzene rings is 1. The Kier molecular flexibility index (Phi) is 5.15. The van der Waals surface area contributed by atoms with Gasteiger partial charge in [0.05, 0.1) is 0 Å². The van der Waals surface area contributed by atoms with Gasteiger partial charge in [0.15, 0.2) is 0 Å². The third-order valence-corrected chi connectivity index (χ3v) is 2.91. The van der Waals surface area contributed by atoms with Gasteiger partial charge in [-0.15, -0.1) is 0 Å². The molecule has 21 heavy (non-hydrogen) atoms. The molecule has 0 aliphatic rings. The average molecular weight is 290 g/mol. The highest BCUT2D eigenvalue weighted by Crippen LogP contribution is 2.26. The molecule has 2 N–H and O–H groups in total. The highest BCUT2D eigenvalue weighted by atomic mass is 16.2. The summed E-state index contributed by atoms with van der Waals surface area (Å²) < 4.78 is 0. The first-order valence-corrected chi connectivity index (χ1v) is 7.19. The van der Waals surface area contributed by atoms with Crippen molar-refractivity contribution in [3.8, 4) is 0 Å². The second-order valence-electron chi connectivity index (χ2n) is 7.40. The Bertz CT molecular complexity index is 528. The van der Waals surface area contributed by atoms with E-state index in [-0.39, 0.29) is 5.41 Å². The molecule has 0 fully saturated rings. The van der Waals surface area contributed by atoms with Crippen LogP contribution in [0.3, 0.4) is 0 Å². The molecule has 0 heterocycles. The molecule has 4 heteroatoms. The molecule has 0 saturated heterocycles. The van der Waals surface area contributed by atoms with Crippen LogP contribution in [0, 0.1) is 12.3 Å². The molecule has 0 aliphatic heterocycles. The molecule has 1 rings (SSSR count). The molecule has 0 aliphatic carbocycles. The van der Waals surface area contributed by atoms with Crippen molar-refractivity contribution in [2.45, 2.75) is 53.5 Å². The second-order valence-corrected chi connectivity index (χ2v) is 7.40. The molecule has 0 unspecified atom stereocenters. The molecule has 116 valence electrons. The lowest BCUT2D eigenvalue weighted by atomic mass is 9.82. The van der Waals surface area contributed by atoms with E-state index in [2.05, 4.69) is 31.4 Å². The van der Waals surface area contributed by atoms with Gasteiger partial charge in [-0.3, -0.25) is 9.59 Å². The molecule has 4 nitrogen and oxygen atoms in total. The van der Waals surface area contributed by atoms with Crippen LogP contribution in [0.15, 0.2) is 24.3 Å². The van der Waals surface area contributed by atoms with Crippen LogP contribution in [0.4, 0.5) is 5.69 Å². The largest absolute Gasteiger partial charge is 0.343 e. The molecular formula is C17H26N2O2. The van der Waals surface area contributed by atoms with Gasteiger partial charge in [-0.1, -0.05) is 32.9 Å². The maximum atomic E-state index is 12.0. The summed E-state index contributed by atoms with van der Waals surface area (Å²) in [5.74, 6) is -1.24. The zero-order valence-corrected chi connectivity index (χ0v) is 13.8. The van der Waals surface area contributed by atoms with Gasteiger partial charge in [-0.25, -0.2) is 0 Å². The molecule has 0 radical (unpaired) electrons. The Labute approximate surface area is 127 Å². The van der Waals surface area contributed by atoms with Crippen molar-refractivity contribution in [2.75, 3.05) is 5.32 Å². The topological polar surface area (TPSA) is 58.2 Å². The molecule has 1 aromatic carbocycles. The van der Waals surface area contributed by atoms with E-state index in [0.717, 1.165) is 12.0 Å². The molecule has 0 bridgehead atoms. The average Bonchev–Trinajstić information content (AvgIpc) is 2.24. The standard InChI is InChI=1S/C17H26N2O2/c1-12-8-7-9-13(10-12)18-14(20)15(21)19-17(5,6)11-16(2,3)4/h7-10H,11H2,1-6H3,(H,18,20)(H,19,21). The van der Waals surface area contributed by atoms with E-state index in [1.807, 2.05) is 39.0 Å². The fraction of sp³-hybridized carbons (Fsp3) is 0.529. The summed E-state index contributed by atoms with van der Waals surface area (Å²) in [6.07, 6.45) is 0.781. The number of carbonyl (C=O) groups is 2.